The highest BCUT2D eigenvalue weighted by molar-refractivity contribution is 8.00. The molecule has 1 amide bonds. The van der Waals surface area contributed by atoms with Crippen LogP contribution in [0.2, 0.25) is 0 Å². The number of carbonyl (C=O) groups excluding carboxylic acids is 1. The van der Waals surface area contributed by atoms with Gasteiger partial charge in [0.1, 0.15) is 16.2 Å². The van der Waals surface area contributed by atoms with Crippen LogP contribution in [0.5, 0.6) is 0 Å². The van der Waals surface area contributed by atoms with E-state index >= 15 is 0 Å². The number of rotatable bonds is 3. The number of anilines is 1. The van der Waals surface area contributed by atoms with Gasteiger partial charge in [-0.1, -0.05) is 30.0 Å². The Balaban J connectivity index is 1.44. The van der Waals surface area contributed by atoms with E-state index in [1.54, 1.807) is 17.7 Å². The topological polar surface area (TPSA) is 59.0 Å². The summed E-state index contributed by atoms with van der Waals surface area (Å²) in [5.41, 5.74) is 5.41. The molecule has 1 aromatic carbocycles. The van der Waals surface area contributed by atoms with Crippen LogP contribution in [0.1, 0.15) is 23.2 Å². The SMILES string of the molecule is Cc1cc(C)c2c(n1)sc1c(SCC(=O)N3CCCc4ccccc43)ncnc12. The van der Waals surface area contributed by atoms with E-state index in [2.05, 4.69) is 34.0 Å². The highest BCUT2D eigenvalue weighted by atomic mass is 32.2. The van der Waals surface area contributed by atoms with Gasteiger partial charge in [0, 0.05) is 23.3 Å². The zero-order valence-corrected chi connectivity index (χ0v) is 17.9. The Morgan fingerprint density at radius 2 is 2.10 bits per heavy atom. The summed E-state index contributed by atoms with van der Waals surface area (Å²) in [6.07, 6.45) is 3.63. The molecule has 29 heavy (non-hydrogen) atoms. The molecule has 7 heteroatoms. The number of fused-ring (bicyclic) bond motifs is 4. The van der Waals surface area contributed by atoms with Crippen LogP contribution in [-0.2, 0) is 11.2 Å². The molecule has 0 saturated heterocycles. The lowest BCUT2D eigenvalue weighted by molar-refractivity contribution is -0.116. The van der Waals surface area contributed by atoms with Crippen LogP contribution in [0, 0.1) is 13.8 Å². The number of aromatic nitrogens is 3. The van der Waals surface area contributed by atoms with Gasteiger partial charge in [0.05, 0.1) is 16.0 Å². The highest BCUT2D eigenvalue weighted by Crippen LogP contribution is 2.38. The first-order valence-electron chi connectivity index (χ1n) is 9.64. The van der Waals surface area contributed by atoms with Crippen LogP contribution in [0.25, 0.3) is 20.4 Å². The molecule has 0 bridgehead atoms. The number of para-hydroxylation sites is 1. The molecule has 0 saturated carbocycles. The summed E-state index contributed by atoms with van der Waals surface area (Å²) in [5, 5.41) is 1.95. The van der Waals surface area contributed by atoms with Crippen LogP contribution in [-0.4, -0.2) is 33.2 Å². The number of aryl methyl sites for hydroxylation is 3. The van der Waals surface area contributed by atoms with Gasteiger partial charge in [-0.05, 0) is 49.9 Å². The summed E-state index contributed by atoms with van der Waals surface area (Å²) >= 11 is 3.10. The summed E-state index contributed by atoms with van der Waals surface area (Å²) in [6, 6.07) is 10.3. The first-order chi connectivity index (χ1) is 14.1. The van der Waals surface area contributed by atoms with Gasteiger partial charge in [0.25, 0.3) is 0 Å². The number of thioether (sulfide) groups is 1. The predicted molar refractivity (Wildman–Crippen MR) is 120 cm³/mol. The molecule has 0 N–H and O–H groups in total. The number of nitrogens with zero attached hydrogens (tertiary/aromatic N) is 4. The van der Waals surface area contributed by atoms with Gasteiger partial charge >= 0.3 is 0 Å². The smallest absolute Gasteiger partial charge is 0.237 e. The maximum Gasteiger partial charge on any atom is 0.237 e. The number of amides is 1. The lowest BCUT2D eigenvalue weighted by atomic mass is 10.0. The molecule has 0 atom stereocenters. The van der Waals surface area contributed by atoms with E-state index in [1.807, 2.05) is 30.0 Å². The van der Waals surface area contributed by atoms with Crippen LogP contribution < -0.4 is 4.90 Å². The third-order valence-electron chi connectivity index (χ3n) is 5.26. The van der Waals surface area contributed by atoms with Crippen molar-refractivity contribution in [1.82, 2.24) is 15.0 Å². The largest absolute Gasteiger partial charge is 0.311 e. The molecule has 0 unspecified atom stereocenters. The van der Waals surface area contributed by atoms with Gasteiger partial charge in [-0.15, -0.1) is 11.3 Å². The average molecular weight is 421 g/mol. The lowest BCUT2D eigenvalue weighted by Crippen LogP contribution is -2.36. The number of hydrogen-bond donors (Lipinski definition) is 0. The third-order valence-corrected chi connectivity index (χ3v) is 7.44. The Labute approximate surface area is 177 Å². The summed E-state index contributed by atoms with van der Waals surface area (Å²) < 4.78 is 1.01. The van der Waals surface area contributed by atoms with E-state index in [9.17, 15) is 4.79 Å². The number of thiophene rings is 1. The molecule has 0 spiro atoms. The zero-order valence-electron chi connectivity index (χ0n) is 16.3. The van der Waals surface area contributed by atoms with Gasteiger partial charge in [-0.25, -0.2) is 15.0 Å². The van der Waals surface area contributed by atoms with Crippen LogP contribution >= 0.6 is 23.1 Å². The Morgan fingerprint density at radius 3 is 3.00 bits per heavy atom. The summed E-state index contributed by atoms with van der Waals surface area (Å²) in [6.45, 7) is 4.88. The second-order valence-corrected chi connectivity index (χ2v) is 9.25. The number of benzene rings is 1. The Kier molecular flexibility index (Phi) is 4.72. The van der Waals surface area contributed by atoms with Crippen LogP contribution in [0.3, 0.4) is 0 Å². The van der Waals surface area contributed by atoms with E-state index in [1.165, 1.54) is 22.9 Å². The van der Waals surface area contributed by atoms with E-state index in [0.717, 1.165) is 56.2 Å². The molecule has 146 valence electrons. The van der Waals surface area contributed by atoms with Crippen LogP contribution in [0.15, 0.2) is 41.7 Å². The van der Waals surface area contributed by atoms with E-state index < -0.39 is 0 Å². The van der Waals surface area contributed by atoms with Crippen molar-refractivity contribution in [2.45, 2.75) is 31.7 Å². The molecule has 4 heterocycles. The highest BCUT2D eigenvalue weighted by Gasteiger charge is 2.23. The minimum Gasteiger partial charge on any atom is -0.311 e. The fourth-order valence-corrected chi connectivity index (χ4v) is 6.19. The summed E-state index contributed by atoms with van der Waals surface area (Å²) in [7, 11) is 0. The number of hydrogen-bond acceptors (Lipinski definition) is 6. The fraction of sp³-hybridized carbons (Fsp3) is 0.273. The third kappa shape index (κ3) is 3.28. The molecule has 1 aliphatic rings. The molecule has 4 aromatic rings. The molecule has 0 aliphatic carbocycles. The van der Waals surface area contributed by atoms with Crippen molar-refractivity contribution in [2.75, 3.05) is 17.2 Å². The van der Waals surface area contributed by atoms with Gasteiger partial charge in [0.15, 0.2) is 0 Å². The second kappa shape index (κ2) is 7.39. The molecule has 5 rings (SSSR count). The Bertz CT molecular complexity index is 1250. The molecule has 5 nitrogen and oxygen atoms in total. The minimum atomic E-state index is 0.125. The maximum absolute atomic E-state index is 13.0. The van der Waals surface area contributed by atoms with Crippen molar-refractivity contribution in [3.8, 4) is 0 Å². The normalized spacial score (nSPS) is 13.8. The van der Waals surface area contributed by atoms with Crippen molar-refractivity contribution >= 4 is 55.1 Å². The average Bonchev–Trinajstić information content (AvgIpc) is 3.10. The number of carbonyl (C=O) groups is 1. The van der Waals surface area contributed by atoms with Gasteiger partial charge < -0.3 is 4.90 Å². The first-order valence-corrected chi connectivity index (χ1v) is 11.4. The van der Waals surface area contributed by atoms with Gasteiger partial charge in [-0.3, -0.25) is 4.79 Å². The molecule has 0 fully saturated rings. The van der Waals surface area contributed by atoms with Gasteiger partial charge in [0.2, 0.25) is 5.91 Å². The van der Waals surface area contributed by atoms with E-state index in [-0.39, 0.29) is 5.91 Å². The quantitative estimate of drug-likeness (QED) is 0.347. The maximum atomic E-state index is 13.0. The Morgan fingerprint density at radius 1 is 1.24 bits per heavy atom. The van der Waals surface area contributed by atoms with E-state index in [0.29, 0.717) is 5.75 Å². The van der Waals surface area contributed by atoms with Crippen molar-refractivity contribution in [3.05, 3.63) is 53.5 Å². The molecule has 0 radical (unpaired) electrons. The lowest BCUT2D eigenvalue weighted by Gasteiger charge is -2.29. The van der Waals surface area contributed by atoms with Crippen molar-refractivity contribution < 1.29 is 4.79 Å². The molecular weight excluding hydrogens is 400 g/mol. The standard InChI is InChI=1S/C22H20N4OS2/c1-13-10-14(2)25-21-18(13)19-20(29-21)22(24-12-23-19)28-11-17(27)26-9-5-7-15-6-3-4-8-16(15)26/h3-4,6,8,10,12H,5,7,9,11H2,1-2H3. The Hall–Kier alpha value is -2.51. The van der Waals surface area contributed by atoms with Crippen molar-refractivity contribution in [3.63, 3.8) is 0 Å². The summed E-state index contributed by atoms with van der Waals surface area (Å²) in [5.74, 6) is 0.486. The zero-order chi connectivity index (χ0) is 20.0. The van der Waals surface area contributed by atoms with Crippen molar-refractivity contribution in [2.24, 2.45) is 0 Å². The van der Waals surface area contributed by atoms with Crippen LogP contribution in [0.4, 0.5) is 5.69 Å². The molecular formula is C22H20N4OS2. The van der Waals surface area contributed by atoms with Crippen molar-refractivity contribution in [1.29, 1.82) is 0 Å². The van der Waals surface area contributed by atoms with E-state index in [4.69, 9.17) is 0 Å². The first kappa shape index (κ1) is 18.5. The monoisotopic (exact) mass is 420 g/mol. The predicted octanol–water partition coefficient (Wildman–Crippen LogP) is 4.93. The molecule has 3 aromatic heterocycles. The minimum absolute atomic E-state index is 0.125. The molecule has 1 aliphatic heterocycles. The second-order valence-electron chi connectivity index (χ2n) is 7.29. The summed E-state index contributed by atoms with van der Waals surface area (Å²) in [4.78, 5) is 29.6. The number of pyridine rings is 1. The fourth-order valence-electron chi connectivity index (χ4n) is 3.99. The van der Waals surface area contributed by atoms with Gasteiger partial charge in [-0.2, -0.15) is 0 Å².